The number of hydrogen-bond acceptors (Lipinski definition) is 2. The van der Waals surface area contributed by atoms with Gasteiger partial charge in [-0.2, -0.15) is 9.98 Å². The van der Waals surface area contributed by atoms with Crippen LogP contribution in [0.5, 0.6) is 0 Å². The van der Waals surface area contributed by atoms with Gasteiger partial charge in [0.15, 0.2) is 0 Å². The Kier molecular flexibility index (Phi) is 7.07. The van der Waals surface area contributed by atoms with Crippen molar-refractivity contribution < 1.29 is 0 Å². The number of aliphatic imine (C=N–C) groups is 2. The fourth-order valence-corrected chi connectivity index (χ4v) is 7.94. The van der Waals surface area contributed by atoms with E-state index in [-0.39, 0.29) is 0 Å². The zero-order valence-electron chi connectivity index (χ0n) is 21.6. The maximum absolute atomic E-state index is 4.87. The third kappa shape index (κ3) is 4.55. The molecule has 4 aliphatic carbocycles. The lowest BCUT2D eigenvalue weighted by molar-refractivity contribution is 0.161. The van der Waals surface area contributed by atoms with Gasteiger partial charge in [0.05, 0.1) is 11.4 Å². The summed E-state index contributed by atoms with van der Waals surface area (Å²) in [6.45, 7) is 9.61. The first kappa shape index (κ1) is 23.6. The van der Waals surface area contributed by atoms with Crippen molar-refractivity contribution in [1.82, 2.24) is 0 Å². The van der Waals surface area contributed by atoms with Crippen molar-refractivity contribution in [2.24, 2.45) is 39.6 Å². The van der Waals surface area contributed by atoms with Gasteiger partial charge in [-0.3, -0.25) is 0 Å². The maximum Gasteiger partial charge on any atom is 0.100 e. The molecule has 0 heterocycles. The van der Waals surface area contributed by atoms with E-state index in [2.05, 4.69) is 76.2 Å². The van der Waals surface area contributed by atoms with Gasteiger partial charge in [-0.25, -0.2) is 0 Å². The molecule has 2 nitrogen and oxygen atoms in total. The summed E-state index contributed by atoms with van der Waals surface area (Å²) in [7, 11) is 0. The molecule has 4 bridgehead atoms. The predicted octanol–water partition coefficient (Wildman–Crippen LogP) is 9.47. The van der Waals surface area contributed by atoms with Crippen LogP contribution in [-0.2, 0) is 6.42 Å². The van der Waals surface area contributed by atoms with Crippen LogP contribution in [-0.4, -0.2) is 6.01 Å². The summed E-state index contributed by atoms with van der Waals surface area (Å²) in [6.07, 6.45) is 10.5. The molecule has 0 spiro atoms. The molecular weight excluding hydrogens is 412 g/mol. The monoisotopic (exact) mass is 454 g/mol. The van der Waals surface area contributed by atoms with E-state index < -0.39 is 0 Å². The molecule has 2 heteroatoms. The Balaban J connectivity index is 1.49. The summed E-state index contributed by atoms with van der Waals surface area (Å²) in [5, 5.41) is 0. The molecule has 4 aliphatic rings. The van der Waals surface area contributed by atoms with E-state index in [9.17, 15) is 0 Å². The third-order valence-electron chi connectivity index (χ3n) is 9.48. The molecule has 2 aromatic rings. The lowest BCUT2D eigenvalue weighted by atomic mass is 9.62. The van der Waals surface area contributed by atoms with Gasteiger partial charge in [0.1, 0.15) is 6.01 Å². The van der Waals surface area contributed by atoms with Crippen LogP contribution in [0.4, 0.5) is 11.4 Å². The molecule has 2 fully saturated rings. The lowest BCUT2D eigenvalue weighted by Crippen LogP contribution is -2.32. The van der Waals surface area contributed by atoms with Gasteiger partial charge in [-0.15, -0.1) is 0 Å². The van der Waals surface area contributed by atoms with Gasteiger partial charge in [0, 0.05) is 0 Å². The van der Waals surface area contributed by atoms with E-state index >= 15 is 0 Å². The SMILES string of the molecule is CCC1CCCC(C)C1c1ccccc1N=C=Nc1ccc2cc1C1C(C)CC(C2)CC1CC. The minimum Gasteiger partial charge on any atom is -0.187 e. The molecule has 7 atom stereocenters. The van der Waals surface area contributed by atoms with Gasteiger partial charge in [0.2, 0.25) is 0 Å². The average molecular weight is 455 g/mol. The summed E-state index contributed by atoms with van der Waals surface area (Å²) in [5.74, 6) is 5.02. The number of para-hydroxylation sites is 1. The second-order valence-corrected chi connectivity index (χ2v) is 11.6. The minimum absolute atomic E-state index is 0.592. The topological polar surface area (TPSA) is 24.7 Å². The molecule has 0 amide bonds. The fraction of sp³-hybridized carbons (Fsp3) is 0.594. The quantitative estimate of drug-likeness (QED) is 0.402. The van der Waals surface area contributed by atoms with Crippen molar-refractivity contribution in [1.29, 1.82) is 0 Å². The van der Waals surface area contributed by atoms with Crippen LogP contribution in [0.1, 0.15) is 101 Å². The molecule has 180 valence electrons. The zero-order valence-corrected chi connectivity index (χ0v) is 21.6. The Morgan fingerprint density at radius 1 is 0.794 bits per heavy atom. The smallest absolute Gasteiger partial charge is 0.100 e. The number of benzene rings is 2. The van der Waals surface area contributed by atoms with E-state index in [1.165, 1.54) is 68.1 Å². The van der Waals surface area contributed by atoms with Crippen LogP contribution in [0.25, 0.3) is 0 Å². The summed E-state index contributed by atoms with van der Waals surface area (Å²) < 4.78 is 0. The first-order chi connectivity index (χ1) is 16.6. The van der Waals surface area contributed by atoms with Crippen LogP contribution in [0, 0.1) is 29.6 Å². The van der Waals surface area contributed by atoms with E-state index in [0.717, 1.165) is 35.0 Å². The van der Waals surface area contributed by atoms with Crippen LogP contribution in [0.2, 0.25) is 0 Å². The minimum atomic E-state index is 0.592. The highest BCUT2D eigenvalue weighted by molar-refractivity contribution is 5.63. The summed E-state index contributed by atoms with van der Waals surface area (Å²) in [6, 6.07) is 18.9. The molecule has 0 aliphatic heterocycles. The summed E-state index contributed by atoms with van der Waals surface area (Å²) in [4.78, 5) is 9.71. The van der Waals surface area contributed by atoms with Crippen molar-refractivity contribution in [2.75, 3.05) is 0 Å². The van der Waals surface area contributed by atoms with E-state index in [1.807, 2.05) is 0 Å². The highest BCUT2D eigenvalue weighted by atomic mass is 14.8. The van der Waals surface area contributed by atoms with Crippen LogP contribution >= 0.6 is 0 Å². The second kappa shape index (κ2) is 10.2. The molecule has 0 radical (unpaired) electrons. The molecule has 2 aromatic carbocycles. The van der Waals surface area contributed by atoms with Crippen molar-refractivity contribution in [3.63, 3.8) is 0 Å². The molecule has 0 aromatic heterocycles. The van der Waals surface area contributed by atoms with Crippen molar-refractivity contribution in [2.45, 2.75) is 90.9 Å². The fourth-order valence-electron chi connectivity index (χ4n) is 7.94. The Labute approximate surface area is 207 Å². The molecule has 2 saturated carbocycles. The van der Waals surface area contributed by atoms with Crippen LogP contribution < -0.4 is 0 Å². The van der Waals surface area contributed by atoms with E-state index in [0.29, 0.717) is 17.8 Å². The van der Waals surface area contributed by atoms with Crippen molar-refractivity contribution >= 4 is 17.4 Å². The third-order valence-corrected chi connectivity index (χ3v) is 9.48. The van der Waals surface area contributed by atoms with Crippen molar-refractivity contribution in [3.8, 4) is 0 Å². The van der Waals surface area contributed by atoms with E-state index in [1.54, 1.807) is 0 Å². The molecule has 7 unspecified atom stereocenters. The number of nitrogens with zero attached hydrogens (tertiary/aromatic N) is 2. The van der Waals surface area contributed by atoms with Crippen molar-refractivity contribution in [3.05, 3.63) is 59.2 Å². The Morgan fingerprint density at radius 3 is 2.32 bits per heavy atom. The highest BCUT2D eigenvalue weighted by Crippen LogP contribution is 2.51. The summed E-state index contributed by atoms with van der Waals surface area (Å²) in [5.41, 5.74) is 6.47. The maximum atomic E-state index is 4.87. The number of hydrogen-bond donors (Lipinski definition) is 0. The second-order valence-electron chi connectivity index (χ2n) is 11.6. The molecule has 6 rings (SSSR count). The summed E-state index contributed by atoms with van der Waals surface area (Å²) >= 11 is 0. The van der Waals surface area contributed by atoms with Gasteiger partial charge in [-0.1, -0.05) is 83.7 Å². The molecule has 0 saturated heterocycles. The average Bonchev–Trinajstić information content (AvgIpc) is 2.83. The highest BCUT2D eigenvalue weighted by Gasteiger charge is 2.38. The normalized spacial score (nSPS) is 32.4. The predicted molar refractivity (Wildman–Crippen MR) is 144 cm³/mol. The molecule has 34 heavy (non-hydrogen) atoms. The largest absolute Gasteiger partial charge is 0.187 e. The van der Waals surface area contributed by atoms with Gasteiger partial charge in [-0.05, 0) is 95.9 Å². The Bertz CT molecular complexity index is 1060. The zero-order chi connectivity index (χ0) is 23.7. The number of rotatable bonds is 5. The number of fused-ring (bicyclic) bond motifs is 2. The Hall–Kier alpha value is -2.18. The van der Waals surface area contributed by atoms with Crippen LogP contribution in [0.3, 0.4) is 0 Å². The standard InChI is InChI=1S/C32H42N2/c1-5-25-11-9-10-21(3)31(25)27-12-7-8-13-29(27)33-20-34-30-15-14-23-17-24-16-22(4)32(28(30)19-23)26(6-2)18-24/h7-8,12-15,19,21-22,24-26,31-32H,5-6,9-11,16-18H2,1-4H3. The van der Waals surface area contributed by atoms with Crippen LogP contribution in [0.15, 0.2) is 52.4 Å². The molecule has 0 N–H and O–H groups in total. The van der Waals surface area contributed by atoms with Gasteiger partial charge in [0.25, 0.3) is 0 Å². The Morgan fingerprint density at radius 2 is 1.53 bits per heavy atom. The first-order valence-corrected chi connectivity index (χ1v) is 14.0. The van der Waals surface area contributed by atoms with Gasteiger partial charge >= 0.3 is 0 Å². The molecular formula is C32H42N2. The van der Waals surface area contributed by atoms with E-state index in [4.69, 9.17) is 9.98 Å². The van der Waals surface area contributed by atoms with Gasteiger partial charge < -0.3 is 0 Å². The first-order valence-electron chi connectivity index (χ1n) is 14.0. The lowest BCUT2D eigenvalue weighted by Gasteiger charge is -2.43.